The van der Waals surface area contributed by atoms with Crippen LogP contribution in [0.4, 0.5) is 0 Å². The van der Waals surface area contributed by atoms with Gasteiger partial charge in [-0.25, -0.2) is 0 Å². The Kier molecular flexibility index (Phi) is 2.66. The third-order valence-electron chi connectivity index (χ3n) is 5.17. The van der Waals surface area contributed by atoms with Crippen molar-refractivity contribution in [1.29, 1.82) is 0 Å². The molecular formula is C14H21N3O. The molecule has 1 saturated carbocycles. The Hall–Kier alpha value is -0.870. The Morgan fingerprint density at radius 3 is 3.00 bits per heavy atom. The van der Waals surface area contributed by atoms with E-state index in [1.807, 2.05) is 16.9 Å². The second-order valence-corrected chi connectivity index (χ2v) is 6.15. The molecule has 0 N–H and O–H groups in total. The van der Waals surface area contributed by atoms with E-state index in [4.69, 9.17) is 4.74 Å². The van der Waals surface area contributed by atoms with Crippen LogP contribution in [0.2, 0.25) is 0 Å². The molecule has 3 heterocycles. The van der Waals surface area contributed by atoms with Crippen LogP contribution in [0.1, 0.15) is 6.42 Å². The van der Waals surface area contributed by atoms with Crippen LogP contribution in [0.5, 0.6) is 0 Å². The van der Waals surface area contributed by atoms with E-state index in [-0.39, 0.29) is 0 Å². The van der Waals surface area contributed by atoms with Gasteiger partial charge in [-0.3, -0.25) is 4.68 Å². The van der Waals surface area contributed by atoms with Crippen LogP contribution in [0.3, 0.4) is 0 Å². The Morgan fingerprint density at radius 2 is 2.11 bits per heavy atom. The standard InChI is InChI=1S/C14H21N3O/c1-2-15-17(3-1)5-4-16-7-11-6-12-9-18-10-14(12)13(11)8-16/h1-3,11-14H,4-10H2/t11-,12+,13+,14-/m0/s1. The van der Waals surface area contributed by atoms with Crippen molar-refractivity contribution in [3.05, 3.63) is 18.5 Å². The first kappa shape index (κ1) is 11.0. The van der Waals surface area contributed by atoms with E-state index >= 15 is 0 Å². The normalized spacial score (nSPS) is 39.1. The molecule has 98 valence electrons. The predicted molar refractivity (Wildman–Crippen MR) is 68.1 cm³/mol. The lowest BCUT2D eigenvalue weighted by Crippen LogP contribution is -2.28. The van der Waals surface area contributed by atoms with Gasteiger partial charge in [0, 0.05) is 38.6 Å². The van der Waals surface area contributed by atoms with E-state index in [1.165, 1.54) is 19.5 Å². The maximum absolute atomic E-state index is 5.64. The third kappa shape index (κ3) is 1.79. The molecule has 0 unspecified atom stereocenters. The van der Waals surface area contributed by atoms with Crippen LogP contribution in [-0.2, 0) is 11.3 Å². The number of nitrogens with zero attached hydrogens (tertiary/aromatic N) is 3. The summed E-state index contributed by atoms with van der Waals surface area (Å²) in [7, 11) is 0. The summed E-state index contributed by atoms with van der Waals surface area (Å²) < 4.78 is 7.68. The van der Waals surface area contributed by atoms with E-state index in [9.17, 15) is 0 Å². The molecule has 0 bridgehead atoms. The van der Waals surface area contributed by atoms with Gasteiger partial charge in [-0.05, 0) is 36.2 Å². The van der Waals surface area contributed by atoms with Gasteiger partial charge >= 0.3 is 0 Å². The fourth-order valence-electron chi connectivity index (χ4n) is 4.30. The number of likely N-dealkylation sites (tertiary alicyclic amines) is 1. The SMILES string of the molecule is c1cnn(CCN2C[C@@H]3C[C@@H]4COC[C@@H]4[C@@H]3C2)c1. The van der Waals surface area contributed by atoms with Gasteiger partial charge in [0.05, 0.1) is 13.2 Å². The lowest BCUT2D eigenvalue weighted by atomic mass is 9.91. The minimum absolute atomic E-state index is 0.865. The van der Waals surface area contributed by atoms with Gasteiger partial charge in [0.1, 0.15) is 0 Å². The van der Waals surface area contributed by atoms with E-state index in [0.29, 0.717) is 0 Å². The molecule has 2 aliphatic heterocycles. The minimum Gasteiger partial charge on any atom is -0.381 e. The molecule has 4 heteroatoms. The number of fused-ring (bicyclic) bond motifs is 3. The third-order valence-corrected chi connectivity index (χ3v) is 5.17. The van der Waals surface area contributed by atoms with E-state index in [1.54, 1.807) is 0 Å². The van der Waals surface area contributed by atoms with Gasteiger partial charge < -0.3 is 9.64 Å². The fraction of sp³-hybridized carbons (Fsp3) is 0.786. The average Bonchev–Trinajstić information content (AvgIpc) is 3.08. The van der Waals surface area contributed by atoms with Crippen LogP contribution in [0.25, 0.3) is 0 Å². The molecule has 0 aromatic carbocycles. The summed E-state index contributed by atoms with van der Waals surface area (Å²) in [5.74, 6) is 3.61. The van der Waals surface area contributed by atoms with Gasteiger partial charge in [-0.2, -0.15) is 5.10 Å². The van der Waals surface area contributed by atoms with Gasteiger partial charge in [0.2, 0.25) is 0 Å². The van der Waals surface area contributed by atoms with Crippen LogP contribution < -0.4 is 0 Å². The fourth-order valence-corrected chi connectivity index (χ4v) is 4.30. The van der Waals surface area contributed by atoms with Crippen molar-refractivity contribution in [2.75, 3.05) is 32.8 Å². The highest BCUT2D eigenvalue weighted by Gasteiger charge is 2.49. The van der Waals surface area contributed by atoms with Crippen LogP contribution in [0.15, 0.2) is 18.5 Å². The Balaban J connectivity index is 1.34. The summed E-state index contributed by atoms with van der Waals surface area (Å²) in [6.45, 7) is 6.82. The molecular weight excluding hydrogens is 226 g/mol. The van der Waals surface area contributed by atoms with Crippen LogP contribution in [0, 0.1) is 23.7 Å². The zero-order valence-corrected chi connectivity index (χ0v) is 10.7. The van der Waals surface area contributed by atoms with Gasteiger partial charge in [-0.15, -0.1) is 0 Å². The number of hydrogen-bond donors (Lipinski definition) is 0. The summed E-state index contributed by atoms with van der Waals surface area (Å²) in [5, 5.41) is 4.27. The lowest BCUT2D eigenvalue weighted by molar-refractivity contribution is 0.158. The highest BCUT2D eigenvalue weighted by Crippen LogP contribution is 2.48. The lowest BCUT2D eigenvalue weighted by Gasteiger charge is -2.19. The van der Waals surface area contributed by atoms with Crippen LogP contribution in [-0.4, -0.2) is 47.5 Å². The molecule has 0 radical (unpaired) electrons. The number of aromatic nitrogens is 2. The van der Waals surface area contributed by atoms with Crippen molar-refractivity contribution in [1.82, 2.24) is 14.7 Å². The maximum atomic E-state index is 5.64. The van der Waals surface area contributed by atoms with Crippen LogP contribution >= 0.6 is 0 Å². The smallest absolute Gasteiger partial charge is 0.0536 e. The number of rotatable bonds is 3. The molecule has 0 spiro atoms. The Bertz CT molecular complexity index is 405. The summed E-state index contributed by atoms with van der Waals surface area (Å²) in [6, 6.07) is 2.00. The molecule has 0 amide bonds. The minimum atomic E-state index is 0.865. The maximum Gasteiger partial charge on any atom is 0.0536 e. The largest absolute Gasteiger partial charge is 0.381 e. The van der Waals surface area contributed by atoms with Crippen molar-refractivity contribution in [2.24, 2.45) is 23.7 Å². The first-order chi connectivity index (χ1) is 8.90. The summed E-state index contributed by atoms with van der Waals surface area (Å²) in [5.41, 5.74) is 0. The molecule has 4 nitrogen and oxygen atoms in total. The Labute approximate surface area is 108 Å². The topological polar surface area (TPSA) is 30.3 Å². The first-order valence-electron chi connectivity index (χ1n) is 7.17. The monoisotopic (exact) mass is 247 g/mol. The van der Waals surface area contributed by atoms with Crippen molar-refractivity contribution >= 4 is 0 Å². The van der Waals surface area contributed by atoms with Gasteiger partial charge in [0.15, 0.2) is 0 Å². The molecule has 4 atom stereocenters. The van der Waals surface area contributed by atoms with E-state index in [2.05, 4.69) is 16.2 Å². The predicted octanol–water partition coefficient (Wildman–Crippen LogP) is 1.10. The number of ether oxygens (including phenoxy) is 1. The Morgan fingerprint density at radius 1 is 1.11 bits per heavy atom. The highest BCUT2D eigenvalue weighted by molar-refractivity contribution is 4.99. The van der Waals surface area contributed by atoms with Crippen molar-refractivity contribution in [3.8, 4) is 0 Å². The molecule has 1 aromatic heterocycles. The molecule has 1 aromatic rings. The molecule has 2 saturated heterocycles. The molecule has 3 fully saturated rings. The summed E-state index contributed by atoms with van der Waals surface area (Å²) in [6.07, 6.45) is 5.32. The van der Waals surface area contributed by atoms with Gasteiger partial charge in [0.25, 0.3) is 0 Å². The van der Waals surface area contributed by atoms with E-state index < -0.39 is 0 Å². The van der Waals surface area contributed by atoms with Crippen molar-refractivity contribution in [3.63, 3.8) is 0 Å². The molecule has 1 aliphatic carbocycles. The highest BCUT2D eigenvalue weighted by atomic mass is 16.5. The second-order valence-electron chi connectivity index (χ2n) is 6.15. The molecule has 3 aliphatic rings. The first-order valence-corrected chi connectivity index (χ1v) is 7.17. The van der Waals surface area contributed by atoms with E-state index in [0.717, 1.165) is 50.0 Å². The average molecular weight is 247 g/mol. The van der Waals surface area contributed by atoms with Crippen molar-refractivity contribution in [2.45, 2.75) is 13.0 Å². The molecule has 4 rings (SSSR count). The molecule has 18 heavy (non-hydrogen) atoms. The zero-order valence-electron chi connectivity index (χ0n) is 10.7. The summed E-state index contributed by atoms with van der Waals surface area (Å²) in [4.78, 5) is 2.63. The quantitative estimate of drug-likeness (QED) is 0.801. The van der Waals surface area contributed by atoms with Crippen molar-refractivity contribution < 1.29 is 4.74 Å². The second kappa shape index (κ2) is 4.35. The zero-order chi connectivity index (χ0) is 11.9. The number of hydrogen-bond acceptors (Lipinski definition) is 3. The summed E-state index contributed by atoms with van der Waals surface area (Å²) >= 11 is 0. The van der Waals surface area contributed by atoms with Gasteiger partial charge in [-0.1, -0.05) is 0 Å².